The average molecular weight is 329 g/mol. The van der Waals surface area contributed by atoms with Crippen LogP contribution in [0.4, 0.5) is 4.39 Å². The maximum absolute atomic E-state index is 12.8. The summed E-state index contributed by atoms with van der Waals surface area (Å²) in [6.45, 7) is 0.686. The monoisotopic (exact) mass is 329 g/mol. The SMILES string of the molecule is O=C(N/N=C/c1ccc(F)cc1)C1CC(=O)N(Cc2ccco2)C1. The Bertz CT molecular complexity index is 741. The van der Waals surface area contributed by atoms with Crippen LogP contribution in [0.3, 0.4) is 0 Å². The zero-order valence-electron chi connectivity index (χ0n) is 12.8. The van der Waals surface area contributed by atoms with E-state index in [0.717, 1.165) is 0 Å². The normalized spacial score (nSPS) is 17.6. The van der Waals surface area contributed by atoms with Crippen molar-refractivity contribution in [1.29, 1.82) is 0 Å². The minimum Gasteiger partial charge on any atom is -0.467 e. The molecule has 2 aromatic rings. The Labute approximate surface area is 137 Å². The van der Waals surface area contributed by atoms with E-state index in [1.54, 1.807) is 35.4 Å². The number of nitrogens with one attached hydrogen (secondary N) is 1. The highest BCUT2D eigenvalue weighted by Gasteiger charge is 2.34. The standard InChI is InChI=1S/C17H16FN3O3/c18-14-5-3-12(4-6-14)9-19-20-17(23)13-8-16(22)21(10-13)11-15-2-1-7-24-15/h1-7,9,13H,8,10-11H2,(H,20,23)/b19-9+. The number of likely N-dealkylation sites (tertiary alicyclic amines) is 1. The van der Waals surface area contributed by atoms with Crippen molar-refractivity contribution in [2.24, 2.45) is 11.0 Å². The van der Waals surface area contributed by atoms with Gasteiger partial charge >= 0.3 is 0 Å². The van der Waals surface area contributed by atoms with Gasteiger partial charge in [0.2, 0.25) is 11.8 Å². The van der Waals surface area contributed by atoms with E-state index in [2.05, 4.69) is 10.5 Å². The molecule has 124 valence electrons. The van der Waals surface area contributed by atoms with E-state index in [0.29, 0.717) is 24.4 Å². The van der Waals surface area contributed by atoms with E-state index in [9.17, 15) is 14.0 Å². The van der Waals surface area contributed by atoms with E-state index in [4.69, 9.17) is 4.42 Å². The fourth-order valence-electron chi connectivity index (χ4n) is 2.50. The van der Waals surface area contributed by atoms with Gasteiger partial charge in [0, 0.05) is 13.0 Å². The minimum absolute atomic E-state index is 0.0888. The van der Waals surface area contributed by atoms with Gasteiger partial charge in [-0.25, -0.2) is 9.82 Å². The first-order chi connectivity index (χ1) is 11.6. The van der Waals surface area contributed by atoms with Gasteiger partial charge in [-0.3, -0.25) is 9.59 Å². The zero-order valence-corrected chi connectivity index (χ0v) is 12.8. The molecule has 1 aromatic carbocycles. The van der Waals surface area contributed by atoms with Crippen LogP contribution in [-0.2, 0) is 16.1 Å². The van der Waals surface area contributed by atoms with Crippen LogP contribution in [0.15, 0.2) is 52.2 Å². The Morgan fingerprint density at radius 3 is 2.88 bits per heavy atom. The van der Waals surface area contributed by atoms with E-state index in [1.807, 2.05) is 0 Å². The minimum atomic E-state index is -0.446. The highest BCUT2D eigenvalue weighted by atomic mass is 19.1. The number of halogens is 1. The molecule has 24 heavy (non-hydrogen) atoms. The van der Waals surface area contributed by atoms with Gasteiger partial charge in [0.25, 0.3) is 0 Å². The Morgan fingerprint density at radius 1 is 1.38 bits per heavy atom. The molecule has 0 radical (unpaired) electrons. The van der Waals surface area contributed by atoms with Crippen molar-refractivity contribution in [3.8, 4) is 0 Å². The summed E-state index contributed by atoms with van der Waals surface area (Å²) in [5.74, 6) is -0.508. The number of rotatable bonds is 5. The molecule has 1 atom stereocenters. The van der Waals surface area contributed by atoms with Gasteiger partial charge in [-0.2, -0.15) is 5.10 Å². The Hall–Kier alpha value is -2.96. The number of carbonyl (C=O) groups excluding carboxylic acids is 2. The predicted molar refractivity (Wildman–Crippen MR) is 84.4 cm³/mol. The molecule has 1 aliphatic heterocycles. The molecule has 2 heterocycles. The highest BCUT2D eigenvalue weighted by Crippen LogP contribution is 2.20. The van der Waals surface area contributed by atoms with Gasteiger partial charge < -0.3 is 9.32 Å². The summed E-state index contributed by atoms with van der Waals surface area (Å²) < 4.78 is 18.0. The third-order valence-electron chi connectivity index (χ3n) is 3.77. The quantitative estimate of drug-likeness (QED) is 0.673. The Morgan fingerprint density at radius 2 is 2.17 bits per heavy atom. The van der Waals surface area contributed by atoms with Crippen molar-refractivity contribution in [1.82, 2.24) is 10.3 Å². The third-order valence-corrected chi connectivity index (χ3v) is 3.77. The smallest absolute Gasteiger partial charge is 0.245 e. The average Bonchev–Trinajstić information content (AvgIpc) is 3.20. The van der Waals surface area contributed by atoms with Crippen LogP contribution in [-0.4, -0.2) is 29.5 Å². The fraction of sp³-hybridized carbons (Fsp3) is 0.235. The lowest BCUT2D eigenvalue weighted by atomic mass is 10.1. The van der Waals surface area contributed by atoms with E-state index in [-0.39, 0.29) is 24.1 Å². The summed E-state index contributed by atoms with van der Waals surface area (Å²) in [6, 6.07) is 9.26. The van der Waals surface area contributed by atoms with Gasteiger partial charge in [0.05, 0.1) is 24.9 Å². The molecule has 0 bridgehead atoms. The largest absolute Gasteiger partial charge is 0.467 e. The highest BCUT2D eigenvalue weighted by molar-refractivity contribution is 5.90. The molecule has 1 unspecified atom stereocenters. The van der Waals surface area contributed by atoms with Crippen molar-refractivity contribution in [2.45, 2.75) is 13.0 Å². The molecule has 0 saturated carbocycles. The lowest BCUT2D eigenvalue weighted by Gasteiger charge is -2.14. The molecular weight excluding hydrogens is 313 g/mol. The molecule has 1 fully saturated rings. The summed E-state index contributed by atoms with van der Waals surface area (Å²) in [5, 5.41) is 3.85. The topological polar surface area (TPSA) is 74.9 Å². The third kappa shape index (κ3) is 3.87. The van der Waals surface area contributed by atoms with Gasteiger partial charge in [-0.1, -0.05) is 12.1 Å². The molecule has 1 aromatic heterocycles. The second-order valence-corrected chi connectivity index (χ2v) is 5.54. The maximum atomic E-state index is 12.8. The van der Waals surface area contributed by atoms with Gasteiger partial charge in [0.15, 0.2) is 0 Å². The van der Waals surface area contributed by atoms with Crippen molar-refractivity contribution in [2.75, 3.05) is 6.54 Å². The molecule has 1 N–H and O–H groups in total. The molecule has 7 heteroatoms. The summed E-state index contributed by atoms with van der Waals surface area (Å²) >= 11 is 0. The number of carbonyl (C=O) groups is 2. The predicted octanol–water partition coefficient (Wildman–Crippen LogP) is 1.92. The summed E-state index contributed by atoms with van der Waals surface area (Å²) in [4.78, 5) is 25.7. The van der Waals surface area contributed by atoms with Crippen molar-refractivity contribution >= 4 is 18.0 Å². The molecule has 6 nitrogen and oxygen atoms in total. The number of benzene rings is 1. The second kappa shape index (κ2) is 7.08. The lowest BCUT2D eigenvalue weighted by molar-refractivity contribution is -0.129. The van der Waals surface area contributed by atoms with E-state index < -0.39 is 5.92 Å². The molecular formula is C17H16FN3O3. The Kier molecular flexibility index (Phi) is 4.69. The van der Waals surface area contributed by atoms with Crippen molar-refractivity contribution in [3.05, 3.63) is 59.8 Å². The molecule has 1 saturated heterocycles. The molecule has 2 amide bonds. The zero-order chi connectivity index (χ0) is 16.9. The number of amides is 2. The van der Waals surface area contributed by atoms with Gasteiger partial charge in [0.1, 0.15) is 11.6 Å². The number of furan rings is 1. The summed E-state index contributed by atoms with van der Waals surface area (Å²) in [7, 11) is 0. The van der Waals surface area contributed by atoms with Crippen LogP contribution in [0.1, 0.15) is 17.7 Å². The molecule has 0 spiro atoms. The van der Waals surface area contributed by atoms with Crippen LogP contribution < -0.4 is 5.43 Å². The number of hydrogen-bond donors (Lipinski definition) is 1. The molecule has 1 aliphatic rings. The van der Waals surface area contributed by atoms with Crippen LogP contribution >= 0.6 is 0 Å². The second-order valence-electron chi connectivity index (χ2n) is 5.54. The fourth-order valence-corrected chi connectivity index (χ4v) is 2.50. The van der Waals surface area contributed by atoms with E-state index >= 15 is 0 Å². The maximum Gasteiger partial charge on any atom is 0.245 e. The summed E-state index contributed by atoms with van der Waals surface area (Å²) in [6.07, 6.45) is 3.12. The van der Waals surface area contributed by atoms with Crippen LogP contribution in [0, 0.1) is 11.7 Å². The van der Waals surface area contributed by atoms with Gasteiger partial charge in [-0.15, -0.1) is 0 Å². The van der Waals surface area contributed by atoms with Gasteiger partial charge in [-0.05, 0) is 29.8 Å². The summed E-state index contributed by atoms with van der Waals surface area (Å²) in [5.41, 5.74) is 3.09. The molecule has 3 rings (SSSR count). The number of nitrogens with zero attached hydrogens (tertiary/aromatic N) is 2. The molecule has 0 aliphatic carbocycles. The van der Waals surface area contributed by atoms with Crippen LogP contribution in [0.25, 0.3) is 0 Å². The first-order valence-corrected chi connectivity index (χ1v) is 7.50. The lowest BCUT2D eigenvalue weighted by Crippen LogP contribution is -2.30. The van der Waals surface area contributed by atoms with Crippen molar-refractivity contribution in [3.63, 3.8) is 0 Å². The Balaban J connectivity index is 1.52. The van der Waals surface area contributed by atoms with Crippen molar-refractivity contribution < 1.29 is 18.4 Å². The van der Waals surface area contributed by atoms with E-state index in [1.165, 1.54) is 18.3 Å². The first-order valence-electron chi connectivity index (χ1n) is 7.50. The number of hydrazone groups is 1. The van der Waals surface area contributed by atoms with Crippen LogP contribution in [0.2, 0.25) is 0 Å². The first kappa shape index (κ1) is 15.9. The number of hydrogen-bond acceptors (Lipinski definition) is 4. The van der Waals surface area contributed by atoms with Crippen LogP contribution in [0.5, 0.6) is 0 Å².